The van der Waals surface area contributed by atoms with E-state index in [1.54, 1.807) is 17.0 Å². The summed E-state index contributed by atoms with van der Waals surface area (Å²) in [5, 5.41) is 7.15. The van der Waals surface area contributed by atoms with Gasteiger partial charge in [0.05, 0.1) is 6.04 Å². The first kappa shape index (κ1) is 18.2. The summed E-state index contributed by atoms with van der Waals surface area (Å²) in [6, 6.07) is 15.2. The van der Waals surface area contributed by atoms with Crippen LogP contribution in [0.5, 0.6) is 5.75 Å². The second-order valence-corrected chi connectivity index (χ2v) is 6.76. The maximum Gasteiger partial charge on any atom is 0.261 e. The fourth-order valence-electron chi connectivity index (χ4n) is 3.44. The molecule has 1 atom stereocenters. The molecule has 1 unspecified atom stereocenters. The third-order valence-electron chi connectivity index (χ3n) is 4.83. The van der Waals surface area contributed by atoms with Crippen molar-refractivity contribution in [2.24, 2.45) is 0 Å². The van der Waals surface area contributed by atoms with Crippen molar-refractivity contribution >= 4 is 5.91 Å². The van der Waals surface area contributed by atoms with Gasteiger partial charge in [0.1, 0.15) is 17.4 Å². The number of nitrogens with one attached hydrogen (secondary N) is 1. The summed E-state index contributed by atoms with van der Waals surface area (Å²) >= 11 is 0. The minimum atomic E-state index is -0.337. The van der Waals surface area contributed by atoms with E-state index in [0.717, 1.165) is 19.3 Å². The van der Waals surface area contributed by atoms with E-state index in [1.807, 2.05) is 30.3 Å². The third-order valence-corrected chi connectivity index (χ3v) is 4.83. The molecule has 0 aliphatic carbocycles. The van der Waals surface area contributed by atoms with Crippen LogP contribution in [0.15, 0.2) is 54.6 Å². The van der Waals surface area contributed by atoms with E-state index in [-0.39, 0.29) is 24.4 Å². The van der Waals surface area contributed by atoms with Crippen LogP contribution in [-0.2, 0) is 4.79 Å². The van der Waals surface area contributed by atoms with Crippen molar-refractivity contribution in [3.05, 3.63) is 66.2 Å². The van der Waals surface area contributed by atoms with E-state index in [9.17, 15) is 9.18 Å². The van der Waals surface area contributed by atoms with Crippen LogP contribution in [0.4, 0.5) is 4.39 Å². The summed E-state index contributed by atoms with van der Waals surface area (Å²) in [6.07, 6.45) is 2.75. The molecule has 0 saturated carbocycles. The highest BCUT2D eigenvalue weighted by Crippen LogP contribution is 2.30. The molecule has 1 aliphatic rings. The largest absolute Gasteiger partial charge is 0.484 e. The fraction of sp³-hybridized carbons (Fsp3) is 0.286. The molecule has 28 heavy (non-hydrogen) atoms. The van der Waals surface area contributed by atoms with Crippen LogP contribution >= 0.6 is 0 Å². The lowest BCUT2D eigenvalue weighted by atomic mass is 10.0. The lowest BCUT2D eigenvalue weighted by molar-refractivity contribution is -0.137. The first-order valence-electron chi connectivity index (χ1n) is 9.36. The molecule has 0 spiro atoms. The van der Waals surface area contributed by atoms with Crippen LogP contribution in [0.2, 0.25) is 0 Å². The molecule has 0 bridgehead atoms. The summed E-state index contributed by atoms with van der Waals surface area (Å²) in [6.45, 7) is 0.628. The Balaban J connectivity index is 1.48. The first-order valence-corrected chi connectivity index (χ1v) is 9.36. The number of carbonyl (C=O) groups is 1. The Morgan fingerprint density at radius 1 is 1.18 bits per heavy atom. The van der Waals surface area contributed by atoms with Crippen molar-refractivity contribution < 1.29 is 13.9 Å². The van der Waals surface area contributed by atoms with Crippen molar-refractivity contribution in [3.8, 4) is 17.1 Å². The van der Waals surface area contributed by atoms with Gasteiger partial charge in [-0.1, -0.05) is 30.3 Å². The highest BCUT2D eigenvalue weighted by Gasteiger charge is 2.30. The number of nitrogens with zero attached hydrogens (tertiary/aromatic N) is 3. The second kappa shape index (κ2) is 8.21. The minimum Gasteiger partial charge on any atom is -0.484 e. The van der Waals surface area contributed by atoms with Gasteiger partial charge >= 0.3 is 0 Å². The standard InChI is InChI=1S/C21H21FN4O2/c22-16-8-6-7-15(13-16)20-23-21(25-24-20)18-11-4-5-12-26(18)19(27)14-28-17-9-2-1-3-10-17/h1-3,6-10,13,18H,4-5,11-12,14H2,(H,23,24,25). The van der Waals surface area contributed by atoms with Crippen molar-refractivity contribution in [2.45, 2.75) is 25.3 Å². The molecular formula is C21H21FN4O2. The molecule has 2 aromatic carbocycles. The smallest absolute Gasteiger partial charge is 0.261 e. The van der Waals surface area contributed by atoms with Crippen LogP contribution in [0.25, 0.3) is 11.4 Å². The van der Waals surface area contributed by atoms with Crippen LogP contribution in [0.1, 0.15) is 31.1 Å². The number of carbonyl (C=O) groups excluding carboxylic acids is 1. The van der Waals surface area contributed by atoms with Gasteiger partial charge in [-0.05, 0) is 43.5 Å². The van der Waals surface area contributed by atoms with Gasteiger partial charge in [0, 0.05) is 12.1 Å². The number of halogens is 1. The number of hydrogen-bond acceptors (Lipinski definition) is 4. The van der Waals surface area contributed by atoms with Gasteiger partial charge < -0.3 is 9.64 Å². The van der Waals surface area contributed by atoms with Crippen LogP contribution in [0.3, 0.4) is 0 Å². The number of hydrogen-bond donors (Lipinski definition) is 1. The lowest BCUT2D eigenvalue weighted by Crippen LogP contribution is -2.41. The summed E-state index contributed by atoms with van der Waals surface area (Å²) in [7, 11) is 0. The predicted octanol–water partition coefficient (Wildman–Crippen LogP) is 3.74. The number of aromatic nitrogens is 3. The topological polar surface area (TPSA) is 71.1 Å². The summed E-state index contributed by atoms with van der Waals surface area (Å²) in [5.74, 6) is 1.28. The van der Waals surface area contributed by atoms with Crippen molar-refractivity contribution in [1.29, 1.82) is 0 Å². The normalized spacial score (nSPS) is 16.8. The van der Waals surface area contributed by atoms with Crippen LogP contribution in [-0.4, -0.2) is 39.1 Å². The van der Waals surface area contributed by atoms with E-state index in [4.69, 9.17) is 4.74 Å². The molecule has 144 valence electrons. The number of piperidine rings is 1. The SMILES string of the molecule is O=C(COc1ccccc1)N1CCCCC1c1nc(-c2cccc(F)c2)n[nH]1. The molecule has 0 radical (unpaired) electrons. The molecule has 7 heteroatoms. The summed E-state index contributed by atoms with van der Waals surface area (Å²) < 4.78 is 19.1. The quantitative estimate of drug-likeness (QED) is 0.732. The number of para-hydroxylation sites is 1. The van der Waals surface area contributed by atoms with Crippen molar-refractivity contribution in [2.75, 3.05) is 13.2 Å². The van der Waals surface area contributed by atoms with E-state index >= 15 is 0 Å². The zero-order valence-electron chi connectivity index (χ0n) is 15.3. The molecule has 6 nitrogen and oxygen atoms in total. The highest BCUT2D eigenvalue weighted by molar-refractivity contribution is 5.78. The molecule has 2 heterocycles. The Morgan fingerprint density at radius 2 is 2.04 bits per heavy atom. The van der Waals surface area contributed by atoms with Gasteiger partial charge in [-0.2, -0.15) is 5.10 Å². The minimum absolute atomic E-state index is 0.0224. The molecule has 1 aromatic heterocycles. The average Bonchev–Trinajstić information content (AvgIpc) is 3.23. The maximum atomic E-state index is 13.5. The number of ether oxygens (including phenoxy) is 1. The number of benzene rings is 2. The fourth-order valence-corrected chi connectivity index (χ4v) is 3.44. The molecule has 1 aliphatic heterocycles. The Hall–Kier alpha value is -3.22. The van der Waals surface area contributed by atoms with E-state index in [0.29, 0.717) is 29.5 Å². The Labute approximate surface area is 162 Å². The van der Waals surface area contributed by atoms with Gasteiger partial charge in [-0.3, -0.25) is 9.89 Å². The molecular weight excluding hydrogens is 359 g/mol. The average molecular weight is 380 g/mol. The second-order valence-electron chi connectivity index (χ2n) is 6.76. The maximum absolute atomic E-state index is 13.5. The lowest BCUT2D eigenvalue weighted by Gasteiger charge is -2.34. The zero-order valence-corrected chi connectivity index (χ0v) is 15.3. The van der Waals surface area contributed by atoms with Gasteiger partial charge in [0.15, 0.2) is 12.4 Å². The predicted molar refractivity (Wildman–Crippen MR) is 102 cm³/mol. The molecule has 1 amide bonds. The van der Waals surface area contributed by atoms with E-state index < -0.39 is 0 Å². The van der Waals surface area contributed by atoms with Crippen LogP contribution < -0.4 is 4.74 Å². The number of amides is 1. The van der Waals surface area contributed by atoms with E-state index in [2.05, 4.69) is 15.2 Å². The third kappa shape index (κ3) is 4.03. The summed E-state index contributed by atoms with van der Waals surface area (Å²) in [5.41, 5.74) is 0.601. The molecule has 1 N–H and O–H groups in total. The number of rotatable bonds is 5. The molecule has 1 saturated heterocycles. The molecule has 4 rings (SSSR count). The molecule has 1 fully saturated rings. The van der Waals surface area contributed by atoms with Crippen LogP contribution in [0, 0.1) is 5.82 Å². The number of likely N-dealkylation sites (tertiary alicyclic amines) is 1. The Bertz CT molecular complexity index is 944. The van der Waals surface area contributed by atoms with Gasteiger partial charge in [0.25, 0.3) is 5.91 Å². The monoisotopic (exact) mass is 380 g/mol. The van der Waals surface area contributed by atoms with Gasteiger partial charge in [-0.25, -0.2) is 9.37 Å². The number of aromatic amines is 1. The molecule has 3 aromatic rings. The Morgan fingerprint density at radius 3 is 2.86 bits per heavy atom. The first-order chi connectivity index (χ1) is 13.7. The zero-order chi connectivity index (χ0) is 19.3. The van der Waals surface area contributed by atoms with Crippen molar-refractivity contribution in [1.82, 2.24) is 20.1 Å². The number of H-pyrrole nitrogens is 1. The Kier molecular flexibility index (Phi) is 5.32. The van der Waals surface area contributed by atoms with Gasteiger partial charge in [-0.15, -0.1) is 0 Å². The van der Waals surface area contributed by atoms with Gasteiger partial charge in [0.2, 0.25) is 0 Å². The summed E-state index contributed by atoms with van der Waals surface area (Å²) in [4.78, 5) is 19.1. The highest BCUT2D eigenvalue weighted by atomic mass is 19.1. The van der Waals surface area contributed by atoms with Crippen molar-refractivity contribution in [3.63, 3.8) is 0 Å². The van der Waals surface area contributed by atoms with E-state index in [1.165, 1.54) is 12.1 Å².